The third kappa shape index (κ3) is 68.6. The Balaban J connectivity index is 3.79. The molecule has 84 heavy (non-hydrogen) atoms. The maximum absolute atomic E-state index is 12.7. The zero-order valence-corrected chi connectivity index (χ0v) is 56.0. The summed E-state index contributed by atoms with van der Waals surface area (Å²) in [7, 11) is -4.40. The first-order chi connectivity index (χ1) is 41.3. The monoisotopic (exact) mass is 1200 g/mol. The fourth-order valence-electron chi connectivity index (χ4n) is 10.6. The highest BCUT2D eigenvalue weighted by atomic mass is 31.2. The lowest BCUT2D eigenvalue weighted by atomic mass is 10.0. The Morgan fingerprint density at radius 1 is 0.369 bits per heavy atom. The van der Waals surface area contributed by atoms with Crippen molar-refractivity contribution in [2.45, 2.75) is 360 Å². The summed E-state index contributed by atoms with van der Waals surface area (Å²) in [4.78, 5) is 35.3. The summed E-state index contributed by atoms with van der Waals surface area (Å²) in [6.45, 7) is 3.64. The maximum atomic E-state index is 12.7. The number of carbonyl (C=O) groups excluding carboxylic acids is 2. The zero-order chi connectivity index (χ0) is 60.9. The van der Waals surface area contributed by atoms with Crippen molar-refractivity contribution in [1.82, 2.24) is 0 Å². The molecule has 10 heteroatoms. The number of phosphoric ester groups is 1. The van der Waals surface area contributed by atoms with Crippen molar-refractivity contribution in [3.63, 3.8) is 0 Å². The highest BCUT2D eigenvalue weighted by Gasteiger charge is 2.26. The van der Waals surface area contributed by atoms with Crippen LogP contribution < -0.4 is 5.73 Å². The third-order valence-corrected chi connectivity index (χ3v) is 16.8. The van der Waals surface area contributed by atoms with Crippen LogP contribution in [-0.4, -0.2) is 49.3 Å². The number of hydrogen-bond acceptors (Lipinski definition) is 8. The van der Waals surface area contributed by atoms with Gasteiger partial charge in [0.15, 0.2) is 6.10 Å². The Labute approximate surface area is 520 Å². The van der Waals surface area contributed by atoms with E-state index in [-0.39, 0.29) is 38.6 Å². The SMILES string of the molecule is CC/C=C\C/C=C\C/C=C\C/C=C\C/C=C\C/C=C\CCCCCCC(=O)OC(COC(=O)CCCCCCCCCCCCCCCCCCCCCCCCCCCCCCCCCCCCCCCCCC)COP(=O)(O)OCCN. The molecule has 0 aliphatic rings. The van der Waals surface area contributed by atoms with E-state index in [0.717, 1.165) is 83.5 Å². The van der Waals surface area contributed by atoms with E-state index in [1.807, 2.05) is 0 Å². The first-order valence-electron chi connectivity index (χ1n) is 35.9. The Bertz CT molecular complexity index is 1610. The highest BCUT2D eigenvalue weighted by molar-refractivity contribution is 7.47. The van der Waals surface area contributed by atoms with E-state index in [1.54, 1.807) is 0 Å². The molecular weight excluding hydrogens is 1060 g/mol. The predicted molar refractivity (Wildman–Crippen MR) is 363 cm³/mol. The standard InChI is InChI=1S/C74H136NO8P/c1-3-5-7-9-11-13-15-17-19-21-23-25-27-28-29-30-31-32-33-34-35-36-37-38-39-40-41-42-43-45-46-48-50-52-54-56-58-60-62-64-66-73(76)80-70-72(71-82-84(78,79)81-69-68-75)83-74(77)67-65-63-61-59-57-55-53-51-49-47-44-26-24-22-20-18-16-14-12-10-8-6-4-2/h6,8,12,14,18,20,24,26,47,49,53,55,72H,3-5,7,9-11,13,15-17,19,21-23,25,27-46,48,50-52,54,56-71,75H2,1-2H3,(H,78,79)/b8-6-,14-12-,20-18-,26-24-,49-47-,55-53-. The van der Waals surface area contributed by atoms with Crippen LogP contribution in [0.1, 0.15) is 354 Å². The molecule has 0 amide bonds. The first kappa shape index (κ1) is 81.5. The molecule has 0 rings (SSSR count). The Kier molecular flexibility index (Phi) is 67.4. The van der Waals surface area contributed by atoms with Crippen molar-refractivity contribution in [3.05, 3.63) is 72.9 Å². The fraction of sp³-hybridized carbons (Fsp3) is 0.811. The van der Waals surface area contributed by atoms with E-state index in [0.29, 0.717) is 6.42 Å². The highest BCUT2D eigenvalue weighted by Crippen LogP contribution is 2.43. The quantitative estimate of drug-likeness (QED) is 0.0264. The molecule has 0 radical (unpaired) electrons. The summed E-state index contributed by atoms with van der Waals surface area (Å²) in [5.74, 6) is -0.847. The Hall–Kier alpha value is -2.55. The smallest absolute Gasteiger partial charge is 0.462 e. The van der Waals surface area contributed by atoms with Crippen LogP contribution in [0.15, 0.2) is 72.9 Å². The van der Waals surface area contributed by atoms with Gasteiger partial charge in [-0.1, -0.05) is 350 Å². The first-order valence-corrected chi connectivity index (χ1v) is 37.4. The van der Waals surface area contributed by atoms with Gasteiger partial charge in [-0.2, -0.15) is 0 Å². The van der Waals surface area contributed by atoms with Crippen molar-refractivity contribution in [2.24, 2.45) is 5.73 Å². The largest absolute Gasteiger partial charge is 0.472 e. The summed E-state index contributed by atoms with van der Waals surface area (Å²) in [5.41, 5.74) is 5.39. The minimum Gasteiger partial charge on any atom is -0.462 e. The third-order valence-electron chi connectivity index (χ3n) is 15.9. The molecule has 0 aromatic rings. The van der Waals surface area contributed by atoms with Gasteiger partial charge in [-0.3, -0.25) is 18.6 Å². The normalized spacial score (nSPS) is 13.3. The van der Waals surface area contributed by atoms with E-state index in [2.05, 4.69) is 86.8 Å². The van der Waals surface area contributed by atoms with Crippen LogP contribution >= 0.6 is 7.82 Å². The maximum Gasteiger partial charge on any atom is 0.472 e. The molecule has 0 saturated carbocycles. The molecule has 0 spiro atoms. The van der Waals surface area contributed by atoms with Gasteiger partial charge >= 0.3 is 19.8 Å². The number of nitrogens with two attached hydrogens (primary N) is 1. The number of allylic oxidation sites excluding steroid dienone is 12. The second kappa shape index (κ2) is 69.5. The van der Waals surface area contributed by atoms with Crippen molar-refractivity contribution < 1.29 is 37.6 Å². The number of unbranched alkanes of at least 4 members (excludes halogenated alkanes) is 43. The van der Waals surface area contributed by atoms with E-state index in [4.69, 9.17) is 24.3 Å². The van der Waals surface area contributed by atoms with Gasteiger partial charge in [0.05, 0.1) is 13.2 Å². The van der Waals surface area contributed by atoms with E-state index < -0.39 is 26.5 Å². The second-order valence-electron chi connectivity index (χ2n) is 24.1. The van der Waals surface area contributed by atoms with Crippen LogP contribution in [0.3, 0.4) is 0 Å². The van der Waals surface area contributed by atoms with Crippen molar-refractivity contribution >= 4 is 19.8 Å². The average molecular weight is 1200 g/mol. The van der Waals surface area contributed by atoms with Crippen LogP contribution in [0.25, 0.3) is 0 Å². The van der Waals surface area contributed by atoms with Gasteiger partial charge in [-0.15, -0.1) is 0 Å². The molecule has 0 aliphatic carbocycles. The minimum absolute atomic E-state index is 0.0468. The van der Waals surface area contributed by atoms with Crippen molar-refractivity contribution in [2.75, 3.05) is 26.4 Å². The van der Waals surface area contributed by atoms with Crippen LogP contribution in [0.5, 0.6) is 0 Å². The summed E-state index contributed by atoms with van der Waals surface area (Å²) in [5, 5.41) is 0. The zero-order valence-electron chi connectivity index (χ0n) is 55.1. The second-order valence-corrected chi connectivity index (χ2v) is 25.5. The molecule has 0 heterocycles. The topological polar surface area (TPSA) is 134 Å². The number of carbonyl (C=O) groups is 2. The van der Waals surface area contributed by atoms with Gasteiger partial charge in [0.25, 0.3) is 0 Å². The van der Waals surface area contributed by atoms with Crippen molar-refractivity contribution in [3.8, 4) is 0 Å². The summed E-state index contributed by atoms with van der Waals surface area (Å²) >= 11 is 0. The molecule has 490 valence electrons. The van der Waals surface area contributed by atoms with Gasteiger partial charge in [0, 0.05) is 19.4 Å². The van der Waals surface area contributed by atoms with Gasteiger partial charge in [0.2, 0.25) is 0 Å². The number of phosphoric acid groups is 1. The molecule has 0 aliphatic heterocycles. The molecule has 0 bridgehead atoms. The molecule has 0 fully saturated rings. The van der Waals surface area contributed by atoms with E-state index >= 15 is 0 Å². The molecule has 0 aromatic heterocycles. The lowest BCUT2D eigenvalue weighted by Crippen LogP contribution is -2.29. The molecular formula is C74H136NO8P. The fourth-order valence-corrected chi connectivity index (χ4v) is 11.4. The van der Waals surface area contributed by atoms with Crippen LogP contribution in [0.2, 0.25) is 0 Å². The van der Waals surface area contributed by atoms with Crippen LogP contribution in [-0.2, 0) is 32.7 Å². The van der Waals surface area contributed by atoms with Gasteiger partial charge in [-0.25, -0.2) is 4.57 Å². The van der Waals surface area contributed by atoms with E-state index in [1.165, 1.54) is 238 Å². The predicted octanol–water partition coefficient (Wildman–Crippen LogP) is 23.6. The van der Waals surface area contributed by atoms with E-state index in [9.17, 15) is 19.0 Å². The van der Waals surface area contributed by atoms with Gasteiger partial charge in [-0.05, 0) is 64.2 Å². The number of rotatable bonds is 68. The van der Waals surface area contributed by atoms with Crippen LogP contribution in [0.4, 0.5) is 0 Å². The van der Waals surface area contributed by atoms with Gasteiger partial charge in [0.1, 0.15) is 6.61 Å². The lowest BCUT2D eigenvalue weighted by Gasteiger charge is -2.19. The summed E-state index contributed by atoms with van der Waals surface area (Å²) < 4.78 is 33.1. The molecule has 0 aromatic carbocycles. The Morgan fingerprint density at radius 2 is 0.655 bits per heavy atom. The van der Waals surface area contributed by atoms with Gasteiger partial charge < -0.3 is 20.1 Å². The summed E-state index contributed by atoms with van der Waals surface area (Å²) in [6, 6.07) is 0. The minimum atomic E-state index is -4.40. The van der Waals surface area contributed by atoms with Crippen LogP contribution in [0, 0.1) is 0 Å². The molecule has 0 saturated heterocycles. The molecule has 3 N–H and O–H groups in total. The molecule has 2 atom stereocenters. The lowest BCUT2D eigenvalue weighted by molar-refractivity contribution is -0.161. The number of ether oxygens (including phenoxy) is 2. The number of hydrogen-bond donors (Lipinski definition) is 2. The molecule has 9 nitrogen and oxygen atoms in total. The average Bonchev–Trinajstić information content (AvgIpc) is 3.58. The molecule has 2 unspecified atom stereocenters. The van der Waals surface area contributed by atoms with Crippen molar-refractivity contribution in [1.29, 1.82) is 0 Å². The Morgan fingerprint density at radius 3 is 0.976 bits per heavy atom. The number of esters is 2. The summed E-state index contributed by atoms with van der Waals surface area (Å²) in [6.07, 6.45) is 91.8.